The van der Waals surface area contributed by atoms with Gasteiger partial charge in [0.15, 0.2) is 0 Å². The molecule has 2 aromatic carbocycles. The minimum atomic E-state index is -3.90. The summed E-state index contributed by atoms with van der Waals surface area (Å²) in [5.41, 5.74) is 2.33. The van der Waals surface area contributed by atoms with E-state index in [2.05, 4.69) is 50.5 Å². The molecule has 0 saturated heterocycles. The first-order valence-corrected chi connectivity index (χ1v) is 15.0. The molecule has 0 aliphatic heterocycles. The molecule has 1 aliphatic rings. The van der Waals surface area contributed by atoms with Crippen molar-refractivity contribution in [1.82, 2.24) is 19.9 Å². The average molecular weight is 601 g/mol. The Morgan fingerprint density at radius 2 is 1.76 bits per heavy atom. The second-order valence-electron chi connectivity index (χ2n) is 9.18. The summed E-state index contributed by atoms with van der Waals surface area (Å²) in [7, 11) is -2.14. The lowest BCUT2D eigenvalue weighted by molar-refractivity contribution is 0.0673. The maximum absolute atomic E-state index is 13.2. The molecule has 1 fully saturated rings. The Morgan fingerprint density at radius 1 is 1.05 bits per heavy atom. The molecule has 0 bridgehead atoms. The topological polar surface area (TPSA) is 111 Å². The zero-order valence-corrected chi connectivity index (χ0v) is 23.3. The number of hydrogen-bond donors (Lipinski definition) is 1. The Morgan fingerprint density at radius 3 is 2.46 bits per heavy atom. The van der Waals surface area contributed by atoms with E-state index in [0.29, 0.717) is 4.47 Å². The lowest BCUT2D eigenvalue weighted by Gasteiger charge is -2.34. The highest BCUT2D eigenvalue weighted by molar-refractivity contribution is 9.10. The fraction of sp³-hybridized carbons (Fsp3) is 0.269. The third-order valence-electron chi connectivity index (χ3n) is 6.83. The summed E-state index contributed by atoms with van der Waals surface area (Å²) < 4.78 is 26.0. The van der Waals surface area contributed by atoms with Crippen molar-refractivity contribution in [2.75, 3.05) is 7.05 Å². The van der Waals surface area contributed by atoms with Gasteiger partial charge in [-0.15, -0.1) is 16.4 Å². The van der Waals surface area contributed by atoms with E-state index in [1.165, 1.54) is 28.6 Å². The minimum Gasteiger partial charge on any atom is -0.339 e. The Bertz CT molecular complexity index is 1530. The van der Waals surface area contributed by atoms with E-state index in [9.17, 15) is 13.2 Å². The number of sulfonamides is 1. The van der Waals surface area contributed by atoms with Gasteiger partial charge in [0.1, 0.15) is 5.69 Å². The Hall–Kier alpha value is -2.86. The number of amides is 1. The molecule has 5 rings (SSSR count). The standard InChI is InChI=1S/C26H26BrN5O3S2/c1-31(26(33)21-15-20(37(28,34)35)11-12-22(21)27)18-7-9-19(10-8-18)32-16-23(29-30-32)25-14-13-24(36-25)17-5-3-2-4-6-17/h2-6,11-16,18-19H,7-10H2,1H3,(H2,28,34,35). The molecule has 0 atom stereocenters. The largest absolute Gasteiger partial charge is 0.339 e. The van der Waals surface area contributed by atoms with E-state index in [1.807, 2.05) is 29.1 Å². The molecule has 1 amide bonds. The fourth-order valence-corrected chi connectivity index (χ4v) is 6.63. The van der Waals surface area contributed by atoms with Crippen molar-refractivity contribution in [3.8, 4) is 21.0 Å². The molecule has 2 heterocycles. The van der Waals surface area contributed by atoms with Gasteiger partial charge in [-0.25, -0.2) is 18.2 Å². The molecule has 192 valence electrons. The second kappa shape index (κ2) is 10.5. The van der Waals surface area contributed by atoms with E-state index in [-0.39, 0.29) is 28.4 Å². The first-order chi connectivity index (χ1) is 17.7. The van der Waals surface area contributed by atoms with Gasteiger partial charge >= 0.3 is 0 Å². The molecule has 1 saturated carbocycles. The van der Waals surface area contributed by atoms with Gasteiger partial charge in [-0.3, -0.25) is 4.79 Å². The molecular formula is C26H26BrN5O3S2. The number of nitrogens with two attached hydrogens (primary N) is 1. The van der Waals surface area contributed by atoms with Crippen molar-refractivity contribution in [3.05, 3.63) is 76.9 Å². The maximum Gasteiger partial charge on any atom is 0.255 e. The molecule has 0 unspecified atom stereocenters. The summed E-state index contributed by atoms with van der Waals surface area (Å²) in [6.07, 6.45) is 5.36. The van der Waals surface area contributed by atoms with Gasteiger partial charge in [-0.2, -0.15) is 0 Å². The van der Waals surface area contributed by atoms with Crippen molar-refractivity contribution < 1.29 is 13.2 Å². The zero-order chi connectivity index (χ0) is 26.2. The van der Waals surface area contributed by atoms with Crippen LogP contribution >= 0.6 is 27.3 Å². The van der Waals surface area contributed by atoms with Crippen molar-refractivity contribution in [1.29, 1.82) is 0 Å². The molecular weight excluding hydrogens is 574 g/mol. The van der Waals surface area contributed by atoms with E-state index >= 15 is 0 Å². The second-order valence-corrected chi connectivity index (χ2v) is 12.7. The molecule has 11 heteroatoms. The van der Waals surface area contributed by atoms with Crippen LogP contribution < -0.4 is 5.14 Å². The predicted octanol–water partition coefficient (Wildman–Crippen LogP) is 5.34. The van der Waals surface area contributed by atoms with Crippen LogP contribution in [0.5, 0.6) is 0 Å². The van der Waals surface area contributed by atoms with Gasteiger partial charge in [0.05, 0.1) is 27.6 Å². The van der Waals surface area contributed by atoms with E-state index in [1.54, 1.807) is 23.3 Å². The van der Waals surface area contributed by atoms with Crippen LogP contribution in [0.4, 0.5) is 0 Å². The molecule has 2 aromatic heterocycles. The van der Waals surface area contributed by atoms with E-state index in [4.69, 9.17) is 5.14 Å². The lowest BCUT2D eigenvalue weighted by atomic mass is 9.90. The zero-order valence-electron chi connectivity index (χ0n) is 20.1. The molecule has 0 spiro atoms. The molecule has 1 aliphatic carbocycles. The monoisotopic (exact) mass is 599 g/mol. The quantitative estimate of drug-likeness (QED) is 0.321. The summed E-state index contributed by atoms with van der Waals surface area (Å²) in [6.45, 7) is 0. The molecule has 37 heavy (non-hydrogen) atoms. The van der Waals surface area contributed by atoms with Gasteiger partial charge in [0, 0.05) is 22.4 Å². The number of halogens is 1. The third kappa shape index (κ3) is 5.54. The summed E-state index contributed by atoms with van der Waals surface area (Å²) in [6, 6.07) is 19.0. The van der Waals surface area contributed by atoms with E-state index < -0.39 is 10.0 Å². The Kier molecular flexibility index (Phi) is 7.30. The normalized spacial score (nSPS) is 18.0. The number of aromatic nitrogens is 3. The third-order valence-corrected chi connectivity index (χ3v) is 9.59. The van der Waals surface area contributed by atoms with Crippen molar-refractivity contribution in [2.45, 2.75) is 42.7 Å². The van der Waals surface area contributed by atoms with Crippen molar-refractivity contribution >= 4 is 43.2 Å². The highest BCUT2D eigenvalue weighted by atomic mass is 79.9. The molecule has 2 N–H and O–H groups in total. The van der Waals surface area contributed by atoms with Crippen LogP contribution in [0.2, 0.25) is 0 Å². The summed E-state index contributed by atoms with van der Waals surface area (Å²) in [5, 5.41) is 14.1. The van der Waals surface area contributed by atoms with Gasteiger partial charge in [0.25, 0.3) is 5.91 Å². The summed E-state index contributed by atoms with van der Waals surface area (Å²) >= 11 is 5.06. The highest BCUT2D eigenvalue weighted by Crippen LogP contribution is 2.35. The lowest BCUT2D eigenvalue weighted by Crippen LogP contribution is -2.40. The van der Waals surface area contributed by atoms with Crippen LogP contribution in [-0.2, 0) is 10.0 Å². The summed E-state index contributed by atoms with van der Waals surface area (Å²) in [5.74, 6) is -0.240. The van der Waals surface area contributed by atoms with Crippen LogP contribution in [0.3, 0.4) is 0 Å². The van der Waals surface area contributed by atoms with Crippen LogP contribution in [0.15, 0.2) is 76.2 Å². The first kappa shape index (κ1) is 25.8. The fourth-order valence-electron chi connectivity index (χ4n) is 4.71. The van der Waals surface area contributed by atoms with Crippen LogP contribution in [0.1, 0.15) is 42.1 Å². The van der Waals surface area contributed by atoms with Crippen molar-refractivity contribution in [3.63, 3.8) is 0 Å². The highest BCUT2D eigenvalue weighted by Gasteiger charge is 2.29. The molecule has 8 nitrogen and oxygen atoms in total. The Labute approximate surface area is 228 Å². The van der Waals surface area contributed by atoms with Crippen LogP contribution in [-0.4, -0.2) is 47.3 Å². The molecule has 0 radical (unpaired) electrons. The van der Waals surface area contributed by atoms with Gasteiger partial charge in [-0.05, 0) is 77.5 Å². The molecule has 4 aromatic rings. The van der Waals surface area contributed by atoms with Crippen molar-refractivity contribution in [2.24, 2.45) is 5.14 Å². The average Bonchev–Trinajstić information content (AvgIpc) is 3.58. The number of primary sulfonamides is 1. The van der Waals surface area contributed by atoms with Crippen LogP contribution in [0.25, 0.3) is 21.0 Å². The van der Waals surface area contributed by atoms with Gasteiger partial charge < -0.3 is 4.90 Å². The number of nitrogens with zero attached hydrogens (tertiary/aromatic N) is 4. The maximum atomic E-state index is 13.2. The SMILES string of the molecule is CN(C(=O)c1cc(S(N)(=O)=O)ccc1Br)C1CCC(n2cc(-c3ccc(-c4ccccc4)s3)nn2)CC1. The number of rotatable bonds is 6. The van der Waals surface area contributed by atoms with Crippen LogP contribution in [0, 0.1) is 0 Å². The van der Waals surface area contributed by atoms with E-state index in [0.717, 1.165) is 36.3 Å². The number of benzene rings is 2. The van der Waals surface area contributed by atoms with Gasteiger partial charge in [-0.1, -0.05) is 35.5 Å². The smallest absolute Gasteiger partial charge is 0.255 e. The van der Waals surface area contributed by atoms with Gasteiger partial charge in [0.2, 0.25) is 10.0 Å². The predicted molar refractivity (Wildman–Crippen MR) is 148 cm³/mol. The number of hydrogen-bond acceptors (Lipinski definition) is 6. The number of carbonyl (C=O) groups is 1. The Balaban J connectivity index is 1.23. The first-order valence-electron chi connectivity index (χ1n) is 11.9. The number of carbonyl (C=O) groups excluding carboxylic acids is 1. The number of thiophene rings is 1. The minimum absolute atomic E-state index is 0.0440. The summed E-state index contributed by atoms with van der Waals surface area (Å²) in [4.78, 5) is 17.1.